The zero-order valence-electron chi connectivity index (χ0n) is 14.8. The molecule has 138 valence electrons. The van der Waals surface area contributed by atoms with E-state index in [2.05, 4.69) is 20.8 Å². The van der Waals surface area contributed by atoms with Crippen molar-refractivity contribution < 1.29 is 14.1 Å². The van der Waals surface area contributed by atoms with Gasteiger partial charge in [0.15, 0.2) is 0 Å². The lowest BCUT2D eigenvalue weighted by Crippen LogP contribution is -2.47. The second-order valence-corrected chi connectivity index (χ2v) is 6.63. The molecule has 0 bridgehead atoms. The van der Waals surface area contributed by atoms with Gasteiger partial charge in [0.25, 0.3) is 11.6 Å². The van der Waals surface area contributed by atoms with Crippen LogP contribution in [0.3, 0.4) is 0 Å². The molecule has 1 fully saturated rings. The summed E-state index contributed by atoms with van der Waals surface area (Å²) in [6.07, 6.45) is 1.97. The van der Waals surface area contributed by atoms with Gasteiger partial charge < -0.3 is 19.9 Å². The van der Waals surface area contributed by atoms with E-state index in [1.807, 2.05) is 13.8 Å². The number of methoxy groups -OCH3 is 1. The van der Waals surface area contributed by atoms with Crippen LogP contribution in [0.25, 0.3) is 11.1 Å². The number of piperidine rings is 1. The van der Waals surface area contributed by atoms with Crippen LogP contribution in [0.4, 0.5) is 0 Å². The number of carbonyl (C=O) groups is 1. The molecule has 1 aliphatic heterocycles. The van der Waals surface area contributed by atoms with Crippen molar-refractivity contribution in [2.75, 3.05) is 33.4 Å². The number of ether oxygens (including phenoxy) is 1. The van der Waals surface area contributed by atoms with Gasteiger partial charge in [0, 0.05) is 24.8 Å². The third-order valence-corrected chi connectivity index (χ3v) is 4.73. The lowest BCUT2D eigenvalue weighted by molar-refractivity contribution is 0.0512. The summed E-state index contributed by atoms with van der Waals surface area (Å²) in [5, 5.41) is 11.1. The Morgan fingerprint density at radius 2 is 2.12 bits per heavy atom. The first-order chi connectivity index (χ1) is 11.5. The van der Waals surface area contributed by atoms with Crippen molar-refractivity contribution in [2.45, 2.75) is 26.7 Å². The fourth-order valence-electron chi connectivity index (χ4n) is 3.40. The molecule has 0 saturated carbocycles. The summed E-state index contributed by atoms with van der Waals surface area (Å²) < 4.78 is 10.6. The molecule has 2 aromatic rings. The van der Waals surface area contributed by atoms with Crippen LogP contribution in [-0.2, 0) is 4.74 Å². The second kappa shape index (κ2) is 8.12. The molecule has 8 heteroatoms. The lowest BCUT2D eigenvalue weighted by Gasteiger charge is -2.37. The van der Waals surface area contributed by atoms with E-state index in [0.717, 1.165) is 31.6 Å². The van der Waals surface area contributed by atoms with Crippen molar-refractivity contribution in [1.29, 1.82) is 0 Å². The number of rotatable bonds is 5. The number of aryl methyl sites for hydroxylation is 2. The summed E-state index contributed by atoms with van der Waals surface area (Å²) in [6.45, 7) is 6.79. The Morgan fingerprint density at radius 1 is 1.40 bits per heavy atom. The highest BCUT2D eigenvalue weighted by molar-refractivity contribution is 6.06. The topological polar surface area (TPSA) is 89.3 Å². The van der Waals surface area contributed by atoms with Crippen LogP contribution >= 0.6 is 12.4 Å². The highest BCUT2D eigenvalue weighted by Gasteiger charge is 2.33. The Labute approximate surface area is 153 Å². The van der Waals surface area contributed by atoms with Crippen molar-refractivity contribution in [3.8, 4) is 0 Å². The number of halogens is 1. The van der Waals surface area contributed by atoms with Crippen LogP contribution in [0.1, 0.15) is 34.6 Å². The zero-order valence-corrected chi connectivity index (χ0v) is 15.7. The smallest absolute Gasteiger partial charge is 0.258 e. The molecule has 0 spiro atoms. The molecule has 0 atom stereocenters. The molecule has 1 amide bonds. The van der Waals surface area contributed by atoms with E-state index in [-0.39, 0.29) is 23.7 Å². The first kappa shape index (κ1) is 19.6. The van der Waals surface area contributed by atoms with Crippen molar-refractivity contribution >= 4 is 29.4 Å². The maximum atomic E-state index is 12.8. The van der Waals surface area contributed by atoms with E-state index in [4.69, 9.17) is 9.26 Å². The number of carbonyl (C=O) groups excluding carboxylic acids is 1. The van der Waals surface area contributed by atoms with E-state index >= 15 is 0 Å². The average Bonchev–Trinajstić information content (AvgIpc) is 2.94. The summed E-state index contributed by atoms with van der Waals surface area (Å²) in [6, 6.07) is 1.79. The maximum Gasteiger partial charge on any atom is 0.258 e. The van der Waals surface area contributed by atoms with Crippen LogP contribution in [0.2, 0.25) is 0 Å². The van der Waals surface area contributed by atoms with Gasteiger partial charge in [0.05, 0.1) is 23.3 Å². The third kappa shape index (κ3) is 4.11. The predicted octanol–water partition coefficient (Wildman–Crippen LogP) is 2.01. The largest absolute Gasteiger partial charge is 0.384 e. The lowest BCUT2D eigenvalue weighted by atomic mass is 9.79. The molecular formula is C17H25ClN4O3. The van der Waals surface area contributed by atoms with Crippen molar-refractivity contribution in [3.05, 3.63) is 23.0 Å². The quantitative estimate of drug-likeness (QED) is 0.839. The van der Waals surface area contributed by atoms with Gasteiger partial charge in [-0.15, -0.1) is 12.4 Å². The van der Waals surface area contributed by atoms with Crippen LogP contribution in [-0.4, -0.2) is 49.4 Å². The molecule has 25 heavy (non-hydrogen) atoms. The van der Waals surface area contributed by atoms with Gasteiger partial charge in [-0.1, -0.05) is 5.16 Å². The summed E-state index contributed by atoms with van der Waals surface area (Å²) in [5.74, 6) is -0.120. The van der Waals surface area contributed by atoms with E-state index < -0.39 is 0 Å². The Hall–Kier alpha value is -1.70. The standard InChI is InChI=1S/C17H24N4O3.ClH/c1-11-8-13(14-12(2)21-24-16(14)20-11)15(22)19-9-17(10-23-3)4-6-18-7-5-17;/h8,18H,4-7,9-10H2,1-3H3,(H,19,22);1H. The SMILES string of the molecule is COCC1(CNC(=O)c2cc(C)nc3onc(C)c23)CCNCC1.Cl. The Bertz CT molecular complexity index is 735. The fourth-order valence-corrected chi connectivity index (χ4v) is 3.40. The normalized spacial score (nSPS) is 16.4. The number of amides is 1. The minimum atomic E-state index is -0.120. The molecule has 0 unspecified atom stereocenters. The Balaban J connectivity index is 0.00000225. The molecule has 0 radical (unpaired) electrons. The fraction of sp³-hybridized carbons (Fsp3) is 0.588. The second-order valence-electron chi connectivity index (χ2n) is 6.63. The van der Waals surface area contributed by atoms with Crippen molar-refractivity contribution in [2.24, 2.45) is 5.41 Å². The summed E-state index contributed by atoms with van der Waals surface area (Å²) >= 11 is 0. The third-order valence-electron chi connectivity index (χ3n) is 4.73. The minimum Gasteiger partial charge on any atom is -0.384 e. The van der Waals surface area contributed by atoms with Crippen LogP contribution in [0.15, 0.2) is 10.6 Å². The van der Waals surface area contributed by atoms with Gasteiger partial charge in [-0.25, -0.2) is 4.98 Å². The van der Waals surface area contributed by atoms with E-state index in [1.165, 1.54) is 0 Å². The Morgan fingerprint density at radius 3 is 2.80 bits per heavy atom. The number of nitrogens with zero attached hydrogens (tertiary/aromatic N) is 2. The number of hydrogen-bond acceptors (Lipinski definition) is 6. The molecule has 0 aromatic carbocycles. The molecular weight excluding hydrogens is 344 g/mol. The highest BCUT2D eigenvalue weighted by Crippen LogP contribution is 2.29. The molecule has 7 nitrogen and oxygen atoms in total. The van der Waals surface area contributed by atoms with Gasteiger partial charge in [0.2, 0.25) is 0 Å². The monoisotopic (exact) mass is 368 g/mol. The molecule has 2 aromatic heterocycles. The van der Waals surface area contributed by atoms with Gasteiger partial charge in [-0.05, 0) is 45.8 Å². The average molecular weight is 369 g/mol. The summed E-state index contributed by atoms with van der Waals surface area (Å²) in [4.78, 5) is 17.1. The summed E-state index contributed by atoms with van der Waals surface area (Å²) in [7, 11) is 1.71. The van der Waals surface area contributed by atoms with Crippen molar-refractivity contribution in [1.82, 2.24) is 20.8 Å². The Kier molecular flexibility index (Phi) is 6.37. The van der Waals surface area contributed by atoms with E-state index in [9.17, 15) is 4.79 Å². The van der Waals surface area contributed by atoms with Gasteiger partial charge in [-0.2, -0.15) is 0 Å². The van der Waals surface area contributed by atoms with Crippen LogP contribution < -0.4 is 10.6 Å². The van der Waals surface area contributed by atoms with E-state index in [0.29, 0.717) is 35.5 Å². The minimum absolute atomic E-state index is 0. The number of hydrogen-bond donors (Lipinski definition) is 2. The molecule has 2 N–H and O–H groups in total. The number of nitrogens with one attached hydrogen (secondary N) is 2. The number of pyridine rings is 1. The molecule has 1 aliphatic rings. The van der Waals surface area contributed by atoms with Crippen LogP contribution in [0, 0.1) is 19.3 Å². The maximum absolute atomic E-state index is 12.8. The predicted molar refractivity (Wildman–Crippen MR) is 97.3 cm³/mol. The van der Waals surface area contributed by atoms with Gasteiger partial charge >= 0.3 is 0 Å². The van der Waals surface area contributed by atoms with Crippen molar-refractivity contribution in [3.63, 3.8) is 0 Å². The zero-order chi connectivity index (χ0) is 17.2. The first-order valence-electron chi connectivity index (χ1n) is 8.26. The van der Waals surface area contributed by atoms with Gasteiger partial charge in [-0.3, -0.25) is 4.79 Å². The number of fused-ring (bicyclic) bond motifs is 1. The number of aromatic nitrogens is 2. The first-order valence-corrected chi connectivity index (χ1v) is 8.26. The molecule has 3 rings (SSSR count). The molecule has 3 heterocycles. The molecule has 0 aliphatic carbocycles. The van der Waals surface area contributed by atoms with E-state index in [1.54, 1.807) is 13.2 Å². The highest BCUT2D eigenvalue weighted by atomic mass is 35.5. The van der Waals surface area contributed by atoms with Gasteiger partial charge in [0.1, 0.15) is 0 Å². The van der Waals surface area contributed by atoms with Crippen LogP contribution in [0.5, 0.6) is 0 Å². The molecule has 1 saturated heterocycles. The summed E-state index contributed by atoms with van der Waals surface area (Å²) in [5.41, 5.74) is 2.37.